The van der Waals surface area contributed by atoms with Gasteiger partial charge in [0.05, 0.1) is 6.10 Å². The molecule has 2 heteroatoms. The molecule has 0 spiro atoms. The summed E-state index contributed by atoms with van der Waals surface area (Å²) in [6, 6.07) is 1.27. The van der Waals surface area contributed by atoms with Crippen molar-refractivity contribution in [3.05, 3.63) is 12.2 Å². The van der Waals surface area contributed by atoms with Crippen molar-refractivity contribution in [2.75, 3.05) is 6.61 Å². The first kappa shape index (κ1) is 8.27. The minimum absolute atomic E-state index is 0.408. The molecule has 1 fully saturated rings. The first-order valence-corrected chi connectivity index (χ1v) is 4.89. The molecule has 0 amide bonds. The molecule has 2 aliphatic rings. The van der Waals surface area contributed by atoms with Crippen molar-refractivity contribution < 1.29 is 4.74 Å². The van der Waals surface area contributed by atoms with Gasteiger partial charge in [-0.05, 0) is 26.2 Å². The minimum atomic E-state index is 0.408. The van der Waals surface area contributed by atoms with E-state index in [0.29, 0.717) is 18.2 Å². The molecule has 2 rings (SSSR count). The zero-order valence-electron chi connectivity index (χ0n) is 7.62. The summed E-state index contributed by atoms with van der Waals surface area (Å²) in [5.41, 5.74) is 0. The Hall–Kier alpha value is -0.340. The molecule has 0 aromatic carbocycles. The molecule has 0 saturated carbocycles. The summed E-state index contributed by atoms with van der Waals surface area (Å²) in [5, 5.41) is 3.64. The minimum Gasteiger partial charge on any atom is -0.377 e. The van der Waals surface area contributed by atoms with Crippen LogP contribution in [-0.2, 0) is 4.74 Å². The normalized spacial score (nSPS) is 36.4. The van der Waals surface area contributed by atoms with E-state index in [9.17, 15) is 0 Å². The van der Waals surface area contributed by atoms with E-state index in [1.807, 2.05) is 0 Å². The van der Waals surface area contributed by atoms with Gasteiger partial charge in [0.2, 0.25) is 0 Å². The van der Waals surface area contributed by atoms with Crippen LogP contribution in [0.4, 0.5) is 0 Å². The number of rotatable bonds is 2. The monoisotopic (exact) mass is 167 g/mol. The molecular weight excluding hydrogens is 150 g/mol. The molecule has 1 aliphatic carbocycles. The highest BCUT2D eigenvalue weighted by atomic mass is 16.5. The molecule has 2 atom stereocenters. The highest BCUT2D eigenvalue weighted by molar-refractivity contribution is 4.99. The maximum atomic E-state index is 5.49. The Kier molecular flexibility index (Phi) is 2.47. The smallest absolute Gasteiger partial charge is 0.0700 e. The third kappa shape index (κ3) is 1.70. The van der Waals surface area contributed by atoms with Crippen LogP contribution in [-0.4, -0.2) is 24.8 Å². The molecule has 2 unspecified atom stereocenters. The summed E-state index contributed by atoms with van der Waals surface area (Å²) in [4.78, 5) is 0. The number of hydrogen-bond donors (Lipinski definition) is 1. The van der Waals surface area contributed by atoms with Crippen LogP contribution < -0.4 is 5.32 Å². The lowest BCUT2D eigenvalue weighted by molar-refractivity contribution is 0.111. The van der Waals surface area contributed by atoms with Gasteiger partial charge in [-0.3, -0.25) is 0 Å². The predicted octanol–water partition coefficient (Wildman–Crippen LogP) is 1.47. The Bertz CT molecular complexity index is 171. The second kappa shape index (κ2) is 3.58. The number of ether oxygens (including phenoxy) is 1. The van der Waals surface area contributed by atoms with Crippen LogP contribution in [0.2, 0.25) is 0 Å². The third-order valence-corrected chi connectivity index (χ3v) is 2.83. The fraction of sp³-hybridized carbons (Fsp3) is 0.800. The molecule has 0 aromatic rings. The van der Waals surface area contributed by atoms with E-state index < -0.39 is 0 Å². The van der Waals surface area contributed by atoms with Crippen LogP contribution in [0.5, 0.6) is 0 Å². The lowest BCUT2D eigenvalue weighted by atomic mass is 10.1. The SMILES string of the molecule is CC1OCCC1NC1CC=CC1. The van der Waals surface area contributed by atoms with E-state index in [1.165, 1.54) is 19.3 Å². The highest BCUT2D eigenvalue weighted by Gasteiger charge is 2.26. The van der Waals surface area contributed by atoms with Crippen LogP contribution in [0.25, 0.3) is 0 Å². The van der Waals surface area contributed by atoms with Crippen LogP contribution in [0, 0.1) is 0 Å². The molecule has 12 heavy (non-hydrogen) atoms. The second-order valence-corrected chi connectivity index (χ2v) is 3.78. The molecule has 0 radical (unpaired) electrons. The van der Waals surface area contributed by atoms with Crippen molar-refractivity contribution in [2.45, 2.75) is 44.4 Å². The Morgan fingerprint density at radius 2 is 2.08 bits per heavy atom. The first-order valence-electron chi connectivity index (χ1n) is 4.89. The average Bonchev–Trinajstić information content (AvgIpc) is 2.65. The van der Waals surface area contributed by atoms with E-state index in [0.717, 1.165) is 6.61 Å². The van der Waals surface area contributed by atoms with Crippen molar-refractivity contribution in [1.82, 2.24) is 5.32 Å². The van der Waals surface area contributed by atoms with E-state index in [4.69, 9.17) is 4.74 Å². The summed E-state index contributed by atoms with van der Waals surface area (Å²) in [6.07, 6.45) is 8.51. The van der Waals surface area contributed by atoms with Crippen LogP contribution in [0.3, 0.4) is 0 Å². The average molecular weight is 167 g/mol. The maximum absolute atomic E-state index is 5.49. The van der Waals surface area contributed by atoms with Gasteiger partial charge in [0.15, 0.2) is 0 Å². The van der Waals surface area contributed by atoms with Crippen molar-refractivity contribution in [2.24, 2.45) is 0 Å². The molecule has 0 aromatic heterocycles. The standard InChI is InChI=1S/C10H17NO/c1-8-10(6-7-12-8)11-9-4-2-3-5-9/h2-3,8-11H,4-7H2,1H3. The fourth-order valence-electron chi connectivity index (χ4n) is 2.01. The quantitative estimate of drug-likeness (QED) is 0.629. The highest BCUT2D eigenvalue weighted by Crippen LogP contribution is 2.17. The van der Waals surface area contributed by atoms with Gasteiger partial charge in [0.25, 0.3) is 0 Å². The van der Waals surface area contributed by atoms with Crippen LogP contribution in [0.1, 0.15) is 26.2 Å². The van der Waals surface area contributed by atoms with E-state index in [2.05, 4.69) is 24.4 Å². The van der Waals surface area contributed by atoms with Gasteiger partial charge in [-0.1, -0.05) is 12.2 Å². The second-order valence-electron chi connectivity index (χ2n) is 3.78. The van der Waals surface area contributed by atoms with E-state index in [1.54, 1.807) is 0 Å². The van der Waals surface area contributed by atoms with E-state index in [-0.39, 0.29) is 0 Å². The zero-order valence-corrected chi connectivity index (χ0v) is 7.62. The molecule has 1 aliphatic heterocycles. The Labute approximate surface area is 74.0 Å². The summed E-state index contributed by atoms with van der Waals surface area (Å²) in [6.45, 7) is 3.09. The number of hydrogen-bond acceptors (Lipinski definition) is 2. The summed E-state index contributed by atoms with van der Waals surface area (Å²) in [5.74, 6) is 0. The zero-order chi connectivity index (χ0) is 8.39. The van der Waals surface area contributed by atoms with Gasteiger partial charge >= 0.3 is 0 Å². The Morgan fingerprint density at radius 3 is 2.67 bits per heavy atom. The van der Waals surface area contributed by atoms with Crippen LogP contribution in [0.15, 0.2) is 12.2 Å². The Morgan fingerprint density at radius 1 is 1.33 bits per heavy atom. The number of nitrogens with one attached hydrogen (secondary N) is 1. The molecule has 1 N–H and O–H groups in total. The largest absolute Gasteiger partial charge is 0.377 e. The van der Waals surface area contributed by atoms with Crippen molar-refractivity contribution in [3.8, 4) is 0 Å². The van der Waals surface area contributed by atoms with Gasteiger partial charge in [-0.25, -0.2) is 0 Å². The van der Waals surface area contributed by atoms with Gasteiger partial charge in [-0.15, -0.1) is 0 Å². The molecular formula is C10H17NO. The predicted molar refractivity (Wildman–Crippen MR) is 49.1 cm³/mol. The molecule has 1 saturated heterocycles. The molecule has 0 bridgehead atoms. The van der Waals surface area contributed by atoms with Crippen molar-refractivity contribution >= 4 is 0 Å². The van der Waals surface area contributed by atoms with Crippen molar-refractivity contribution in [3.63, 3.8) is 0 Å². The van der Waals surface area contributed by atoms with Gasteiger partial charge in [0.1, 0.15) is 0 Å². The van der Waals surface area contributed by atoms with Crippen molar-refractivity contribution in [1.29, 1.82) is 0 Å². The van der Waals surface area contributed by atoms with Crippen LogP contribution >= 0.6 is 0 Å². The topological polar surface area (TPSA) is 21.3 Å². The Balaban J connectivity index is 1.78. The van der Waals surface area contributed by atoms with Gasteiger partial charge in [-0.2, -0.15) is 0 Å². The molecule has 1 heterocycles. The lowest BCUT2D eigenvalue weighted by Crippen LogP contribution is -2.40. The van der Waals surface area contributed by atoms with Gasteiger partial charge in [0, 0.05) is 18.7 Å². The molecule has 2 nitrogen and oxygen atoms in total. The molecule has 68 valence electrons. The lowest BCUT2D eigenvalue weighted by Gasteiger charge is -2.20. The first-order chi connectivity index (χ1) is 5.86. The van der Waals surface area contributed by atoms with Gasteiger partial charge < -0.3 is 10.1 Å². The summed E-state index contributed by atoms with van der Waals surface area (Å²) < 4.78 is 5.49. The fourth-order valence-corrected chi connectivity index (χ4v) is 2.01. The van der Waals surface area contributed by atoms with E-state index >= 15 is 0 Å². The third-order valence-electron chi connectivity index (χ3n) is 2.83. The summed E-state index contributed by atoms with van der Waals surface area (Å²) >= 11 is 0. The summed E-state index contributed by atoms with van der Waals surface area (Å²) in [7, 11) is 0. The maximum Gasteiger partial charge on any atom is 0.0700 e.